The average molecular weight is 452 g/mol. The molecule has 3 fully saturated rings. The number of nitrogens with zero attached hydrogens (tertiary/aromatic N) is 2. The van der Waals surface area contributed by atoms with Crippen LogP contribution in [0, 0.1) is 5.82 Å². The fourth-order valence-corrected chi connectivity index (χ4v) is 4.93. The van der Waals surface area contributed by atoms with E-state index < -0.39 is 18.0 Å². The van der Waals surface area contributed by atoms with E-state index in [0.717, 1.165) is 17.7 Å². The first-order chi connectivity index (χ1) is 14.9. The molecule has 0 bridgehead atoms. The molecule has 1 spiro atoms. The molecule has 0 saturated carbocycles. The van der Waals surface area contributed by atoms with Crippen LogP contribution in [0.25, 0.3) is 0 Å². The van der Waals surface area contributed by atoms with Gasteiger partial charge in [-0.2, -0.15) is 0 Å². The van der Waals surface area contributed by atoms with Crippen molar-refractivity contribution in [2.24, 2.45) is 0 Å². The molecule has 3 aliphatic heterocycles. The predicted molar refractivity (Wildman–Crippen MR) is 115 cm³/mol. The molecule has 10 heteroatoms. The van der Waals surface area contributed by atoms with Crippen molar-refractivity contribution in [3.05, 3.63) is 24.0 Å². The van der Waals surface area contributed by atoms with E-state index in [1.54, 1.807) is 12.1 Å². The van der Waals surface area contributed by atoms with Crippen LogP contribution in [-0.2, 0) is 25.5 Å². The van der Waals surface area contributed by atoms with Gasteiger partial charge < -0.3 is 19.7 Å². The average Bonchev–Trinajstić information content (AvgIpc) is 3.14. The van der Waals surface area contributed by atoms with Crippen LogP contribution >= 0.6 is 0 Å². The second-order valence-corrected chi connectivity index (χ2v) is 9.00. The number of benzene rings is 1. The van der Waals surface area contributed by atoms with Crippen LogP contribution in [0.15, 0.2) is 18.2 Å². The highest BCUT2D eigenvalue weighted by molar-refractivity contribution is 7.66. The van der Waals surface area contributed by atoms with Gasteiger partial charge >= 0.3 is 6.09 Å². The highest BCUT2D eigenvalue weighted by Gasteiger charge is 2.39. The second-order valence-electron chi connectivity index (χ2n) is 8.26. The summed E-state index contributed by atoms with van der Waals surface area (Å²) in [5.74, 6) is -0.605. The molecule has 2 amide bonds. The number of hydrogen-bond donors (Lipinski definition) is 1. The third-order valence-electron chi connectivity index (χ3n) is 6.14. The lowest BCUT2D eigenvalue weighted by Gasteiger charge is -2.44. The Hall–Kier alpha value is -2.46. The van der Waals surface area contributed by atoms with Crippen LogP contribution in [0.1, 0.15) is 32.6 Å². The number of cyclic esters (lactones) is 1. The number of carbonyl (C=O) groups excluding carboxylic acids is 2. The summed E-state index contributed by atoms with van der Waals surface area (Å²) in [5.41, 5.74) is 0.603. The molecule has 3 heterocycles. The Labute approximate surface area is 183 Å². The third-order valence-corrected chi connectivity index (χ3v) is 6.72. The number of anilines is 2. The van der Waals surface area contributed by atoms with Gasteiger partial charge in [0.1, 0.15) is 11.9 Å². The predicted octanol–water partition coefficient (Wildman–Crippen LogP) is 1.82. The van der Waals surface area contributed by atoms with Crippen molar-refractivity contribution < 1.29 is 27.7 Å². The minimum atomic E-state index is -0.555. The van der Waals surface area contributed by atoms with Crippen molar-refractivity contribution in [1.29, 1.82) is 0 Å². The SMILES string of the molecule is CC(=O)NC[C@H]1CN(c2ccc(N3CCC4(CC3)CC(=S=O)CCO4)c(F)c2)C(=O)O1. The quantitative estimate of drug-likeness (QED) is 0.703. The molecule has 8 nitrogen and oxygen atoms in total. The minimum Gasteiger partial charge on any atom is -0.442 e. The summed E-state index contributed by atoms with van der Waals surface area (Å²) in [6.07, 6.45) is 1.83. The van der Waals surface area contributed by atoms with E-state index in [0.29, 0.717) is 55.2 Å². The van der Waals surface area contributed by atoms with Gasteiger partial charge in [0.25, 0.3) is 0 Å². The molecule has 1 atom stereocenters. The van der Waals surface area contributed by atoms with Gasteiger partial charge in [0.15, 0.2) is 0 Å². The number of carbonyl (C=O) groups is 2. The fourth-order valence-electron chi connectivity index (χ4n) is 4.44. The highest BCUT2D eigenvalue weighted by Crippen LogP contribution is 2.36. The largest absolute Gasteiger partial charge is 0.442 e. The molecular weight excluding hydrogens is 425 g/mol. The summed E-state index contributed by atoms with van der Waals surface area (Å²) in [6, 6.07) is 4.74. The smallest absolute Gasteiger partial charge is 0.414 e. The van der Waals surface area contributed by atoms with E-state index in [1.165, 1.54) is 17.9 Å². The van der Waals surface area contributed by atoms with Gasteiger partial charge in [-0.25, -0.2) is 13.4 Å². The lowest BCUT2D eigenvalue weighted by Crippen LogP contribution is -2.49. The van der Waals surface area contributed by atoms with E-state index in [-0.39, 0.29) is 24.6 Å². The summed E-state index contributed by atoms with van der Waals surface area (Å²) < 4.78 is 37.4. The van der Waals surface area contributed by atoms with Crippen LogP contribution in [0.4, 0.5) is 20.6 Å². The van der Waals surface area contributed by atoms with Crippen molar-refractivity contribution in [3.63, 3.8) is 0 Å². The molecular formula is C21H26FN3O5S. The molecule has 168 valence electrons. The number of amides is 2. The fraction of sp³-hybridized carbons (Fsp3) is 0.571. The summed E-state index contributed by atoms with van der Waals surface area (Å²) in [7, 11) is 0. The zero-order chi connectivity index (χ0) is 22.0. The summed E-state index contributed by atoms with van der Waals surface area (Å²) in [5, 5.41) is 2.62. The molecule has 0 unspecified atom stereocenters. The van der Waals surface area contributed by atoms with Crippen molar-refractivity contribution in [1.82, 2.24) is 5.32 Å². The van der Waals surface area contributed by atoms with E-state index in [1.807, 2.05) is 4.90 Å². The summed E-state index contributed by atoms with van der Waals surface area (Å²) in [6.45, 7) is 3.71. The molecule has 0 radical (unpaired) electrons. The Morgan fingerprint density at radius 2 is 2.13 bits per heavy atom. The van der Waals surface area contributed by atoms with E-state index in [4.69, 9.17) is 9.47 Å². The molecule has 1 aromatic rings. The molecule has 1 aromatic carbocycles. The van der Waals surface area contributed by atoms with Crippen molar-refractivity contribution in [2.75, 3.05) is 42.6 Å². The Kier molecular flexibility index (Phi) is 6.29. The van der Waals surface area contributed by atoms with Gasteiger partial charge in [0.05, 0.1) is 47.9 Å². The van der Waals surface area contributed by atoms with Crippen LogP contribution in [0.3, 0.4) is 0 Å². The monoisotopic (exact) mass is 451 g/mol. The maximum absolute atomic E-state index is 15.0. The lowest BCUT2D eigenvalue weighted by atomic mass is 9.84. The first kappa shape index (κ1) is 21.8. The third kappa shape index (κ3) is 4.74. The molecule has 3 aliphatic rings. The molecule has 31 heavy (non-hydrogen) atoms. The maximum atomic E-state index is 15.0. The van der Waals surface area contributed by atoms with Gasteiger partial charge in [-0.1, -0.05) is 0 Å². The Morgan fingerprint density at radius 3 is 2.81 bits per heavy atom. The van der Waals surface area contributed by atoms with Gasteiger partial charge in [0.2, 0.25) is 5.91 Å². The lowest BCUT2D eigenvalue weighted by molar-refractivity contribution is -0.119. The standard InChI is InChI=1S/C21H26FN3O5S/c1-14(26)23-12-16-13-25(20(27)30-16)15-2-3-19(18(22)10-15)24-7-5-21(6-8-24)11-17(31-28)4-9-29-21/h2-3,10,16H,4-9,11-13H2,1H3,(H,23,26)/t16-/m0/s1. The van der Waals surface area contributed by atoms with Gasteiger partial charge in [-0.15, -0.1) is 0 Å². The summed E-state index contributed by atoms with van der Waals surface area (Å²) >= 11 is 0.581. The Bertz CT molecular complexity index is 928. The van der Waals surface area contributed by atoms with Crippen molar-refractivity contribution in [3.8, 4) is 0 Å². The Balaban J connectivity index is 1.40. The van der Waals surface area contributed by atoms with Crippen LogP contribution in [-0.4, -0.2) is 65.6 Å². The molecule has 0 aromatic heterocycles. The Morgan fingerprint density at radius 1 is 1.35 bits per heavy atom. The number of nitrogens with one attached hydrogen (secondary N) is 1. The number of hydrogen-bond acceptors (Lipinski definition) is 6. The first-order valence-electron chi connectivity index (χ1n) is 10.4. The zero-order valence-electron chi connectivity index (χ0n) is 17.4. The molecule has 4 rings (SSSR count). The minimum absolute atomic E-state index is 0.201. The van der Waals surface area contributed by atoms with Gasteiger partial charge in [0, 0.05) is 37.7 Å². The first-order valence-corrected chi connectivity index (χ1v) is 11.2. The maximum Gasteiger partial charge on any atom is 0.414 e. The van der Waals surface area contributed by atoms with Crippen molar-refractivity contribution >= 4 is 39.5 Å². The number of halogens is 1. The summed E-state index contributed by atoms with van der Waals surface area (Å²) in [4.78, 5) is 27.5. The van der Waals surface area contributed by atoms with E-state index >= 15 is 0 Å². The van der Waals surface area contributed by atoms with Crippen LogP contribution < -0.4 is 15.1 Å². The van der Waals surface area contributed by atoms with Crippen molar-refractivity contribution in [2.45, 2.75) is 44.3 Å². The zero-order valence-corrected chi connectivity index (χ0v) is 18.2. The highest BCUT2D eigenvalue weighted by atomic mass is 32.1. The molecule has 1 N–H and O–H groups in total. The topological polar surface area (TPSA) is 88.2 Å². The van der Waals surface area contributed by atoms with Crippen LogP contribution in [0.2, 0.25) is 0 Å². The van der Waals surface area contributed by atoms with Gasteiger partial charge in [-0.05, 0) is 31.0 Å². The number of piperidine rings is 1. The number of ether oxygens (including phenoxy) is 2. The second kappa shape index (κ2) is 8.96. The number of rotatable bonds is 4. The van der Waals surface area contributed by atoms with Crippen LogP contribution in [0.5, 0.6) is 0 Å². The van der Waals surface area contributed by atoms with Gasteiger partial charge in [-0.3, -0.25) is 9.69 Å². The van der Waals surface area contributed by atoms with E-state index in [9.17, 15) is 18.2 Å². The molecule has 3 saturated heterocycles. The van der Waals surface area contributed by atoms with E-state index in [2.05, 4.69) is 5.32 Å². The normalized spacial score (nSPS) is 23.1. The molecule has 0 aliphatic carbocycles.